The Kier molecular flexibility index (Phi) is 5.44. The number of likely N-dealkylation sites (tertiary alicyclic amines) is 1. The van der Waals surface area contributed by atoms with Gasteiger partial charge in [0, 0.05) is 25.8 Å². The van der Waals surface area contributed by atoms with Crippen LogP contribution in [0.15, 0.2) is 18.2 Å². The lowest BCUT2D eigenvalue weighted by Gasteiger charge is -2.23. The average Bonchev–Trinajstić information content (AvgIpc) is 2.98. The predicted molar refractivity (Wildman–Crippen MR) is 84.7 cm³/mol. The molecule has 1 saturated heterocycles. The maximum Gasteiger partial charge on any atom is 0.259 e. The molecule has 2 rings (SSSR count). The molecule has 0 radical (unpaired) electrons. The first-order valence-electron chi connectivity index (χ1n) is 7.62. The van der Waals surface area contributed by atoms with E-state index < -0.39 is 0 Å². The summed E-state index contributed by atoms with van der Waals surface area (Å²) in [6.07, 6.45) is 2.52. The van der Waals surface area contributed by atoms with Crippen molar-refractivity contribution in [3.63, 3.8) is 0 Å². The van der Waals surface area contributed by atoms with E-state index in [9.17, 15) is 4.79 Å². The zero-order chi connectivity index (χ0) is 15.2. The standard InChI is InChI=1S/C16H25N3O2/c1-3-21-14-8-6-7-13(17)15(14)16(20)18(2)11-12-19-9-4-5-10-19/h6-8H,3-5,9-12,17H2,1-2H3. The molecule has 0 aliphatic carbocycles. The van der Waals surface area contributed by atoms with Crippen LogP contribution < -0.4 is 10.5 Å². The van der Waals surface area contributed by atoms with Gasteiger partial charge in [-0.05, 0) is 45.0 Å². The first-order valence-corrected chi connectivity index (χ1v) is 7.62. The molecule has 0 bridgehead atoms. The molecule has 1 aromatic rings. The largest absolute Gasteiger partial charge is 0.493 e. The van der Waals surface area contributed by atoms with Crippen molar-refractivity contribution >= 4 is 11.6 Å². The molecular formula is C16H25N3O2. The molecule has 1 amide bonds. The van der Waals surface area contributed by atoms with E-state index in [1.807, 2.05) is 14.0 Å². The molecule has 0 unspecified atom stereocenters. The van der Waals surface area contributed by atoms with Gasteiger partial charge in [-0.3, -0.25) is 4.79 Å². The number of anilines is 1. The van der Waals surface area contributed by atoms with E-state index in [1.165, 1.54) is 12.8 Å². The molecule has 1 aliphatic rings. The van der Waals surface area contributed by atoms with Crippen molar-refractivity contribution in [3.05, 3.63) is 23.8 Å². The second-order valence-corrected chi connectivity index (χ2v) is 5.43. The van der Waals surface area contributed by atoms with Gasteiger partial charge in [0.25, 0.3) is 5.91 Å². The number of nitrogens with zero attached hydrogens (tertiary/aromatic N) is 2. The highest BCUT2D eigenvalue weighted by atomic mass is 16.5. The summed E-state index contributed by atoms with van der Waals surface area (Å²) in [6, 6.07) is 5.34. The second-order valence-electron chi connectivity index (χ2n) is 5.43. The monoisotopic (exact) mass is 291 g/mol. The summed E-state index contributed by atoms with van der Waals surface area (Å²) in [7, 11) is 1.82. The summed E-state index contributed by atoms with van der Waals surface area (Å²) in [4.78, 5) is 16.7. The molecule has 5 nitrogen and oxygen atoms in total. The Bertz CT molecular complexity index is 484. The third kappa shape index (κ3) is 3.88. The summed E-state index contributed by atoms with van der Waals surface area (Å²) in [5, 5.41) is 0. The van der Waals surface area contributed by atoms with Gasteiger partial charge in [-0.15, -0.1) is 0 Å². The van der Waals surface area contributed by atoms with Gasteiger partial charge in [0.05, 0.1) is 6.61 Å². The highest BCUT2D eigenvalue weighted by molar-refractivity contribution is 6.01. The minimum absolute atomic E-state index is 0.0734. The van der Waals surface area contributed by atoms with Crippen LogP contribution in [0.5, 0.6) is 5.75 Å². The Hall–Kier alpha value is -1.75. The number of benzene rings is 1. The van der Waals surface area contributed by atoms with Gasteiger partial charge in [0.2, 0.25) is 0 Å². The normalized spacial score (nSPS) is 15.1. The topological polar surface area (TPSA) is 58.8 Å². The molecule has 0 atom stereocenters. The molecule has 116 valence electrons. The van der Waals surface area contributed by atoms with Crippen LogP contribution in [0.3, 0.4) is 0 Å². The quantitative estimate of drug-likeness (QED) is 0.812. The van der Waals surface area contributed by atoms with E-state index in [4.69, 9.17) is 10.5 Å². The highest BCUT2D eigenvalue weighted by Gasteiger charge is 2.20. The third-order valence-electron chi connectivity index (χ3n) is 3.87. The summed E-state index contributed by atoms with van der Waals surface area (Å²) in [5.41, 5.74) is 6.92. The average molecular weight is 291 g/mol. The SMILES string of the molecule is CCOc1cccc(N)c1C(=O)N(C)CCN1CCCC1. The number of nitrogen functional groups attached to an aromatic ring is 1. The van der Waals surface area contributed by atoms with Crippen LogP contribution in [-0.2, 0) is 0 Å². The predicted octanol–water partition coefficient (Wildman–Crippen LogP) is 1.84. The number of carbonyl (C=O) groups excluding carboxylic acids is 1. The van der Waals surface area contributed by atoms with Crippen LogP contribution in [0, 0.1) is 0 Å². The molecule has 1 aliphatic heterocycles. The molecule has 1 heterocycles. The first kappa shape index (κ1) is 15.6. The van der Waals surface area contributed by atoms with Crippen LogP contribution in [0.2, 0.25) is 0 Å². The lowest BCUT2D eigenvalue weighted by molar-refractivity contribution is 0.0779. The minimum atomic E-state index is -0.0734. The molecule has 0 spiro atoms. The Morgan fingerprint density at radius 1 is 1.38 bits per heavy atom. The molecule has 0 aromatic heterocycles. The van der Waals surface area contributed by atoms with E-state index in [1.54, 1.807) is 23.1 Å². The fraction of sp³-hybridized carbons (Fsp3) is 0.562. The van der Waals surface area contributed by atoms with Crippen LogP contribution >= 0.6 is 0 Å². The lowest BCUT2D eigenvalue weighted by Crippen LogP contribution is -2.35. The van der Waals surface area contributed by atoms with Gasteiger partial charge < -0.3 is 20.3 Å². The van der Waals surface area contributed by atoms with Gasteiger partial charge in [0.1, 0.15) is 11.3 Å². The van der Waals surface area contributed by atoms with Crippen molar-refractivity contribution in [2.24, 2.45) is 0 Å². The first-order chi connectivity index (χ1) is 10.1. The number of ether oxygens (including phenoxy) is 1. The van der Waals surface area contributed by atoms with E-state index in [0.717, 1.165) is 19.6 Å². The molecule has 1 aromatic carbocycles. The molecule has 5 heteroatoms. The van der Waals surface area contributed by atoms with Gasteiger partial charge in [-0.25, -0.2) is 0 Å². The fourth-order valence-electron chi connectivity index (χ4n) is 2.64. The highest BCUT2D eigenvalue weighted by Crippen LogP contribution is 2.25. The number of nitrogens with two attached hydrogens (primary N) is 1. The number of hydrogen-bond donors (Lipinski definition) is 1. The summed E-state index contributed by atoms with van der Waals surface area (Å²) in [5.74, 6) is 0.492. The molecule has 1 fully saturated rings. The zero-order valence-electron chi connectivity index (χ0n) is 13.0. The van der Waals surface area contributed by atoms with Crippen molar-refractivity contribution in [1.29, 1.82) is 0 Å². The smallest absolute Gasteiger partial charge is 0.259 e. The van der Waals surface area contributed by atoms with Crippen molar-refractivity contribution in [1.82, 2.24) is 9.80 Å². The number of likely N-dealkylation sites (N-methyl/N-ethyl adjacent to an activating group) is 1. The van der Waals surface area contributed by atoms with Gasteiger partial charge in [0.15, 0.2) is 0 Å². The van der Waals surface area contributed by atoms with Crippen molar-refractivity contribution in [2.45, 2.75) is 19.8 Å². The van der Waals surface area contributed by atoms with Crippen LogP contribution in [0.4, 0.5) is 5.69 Å². The number of hydrogen-bond acceptors (Lipinski definition) is 4. The van der Waals surface area contributed by atoms with Crippen molar-refractivity contribution in [2.75, 3.05) is 45.6 Å². The molecule has 21 heavy (non-hydrogen) atoms. The number of amides is 1. The van der Waals surface area contributed by atoms with Gasteiger partial charge in [-0.2, -0.15) is 0 Å². The third-order valence-corrected chi connectivity index (χ3v) is 3.87. The van der Waals surface area contributed by atoms with Crippen molar-refractivity contribution < 1.29 is 9.53 Å². The molecular weight excluding hydrogens is 266 g/mol. The van der Waals surface area contributed by atoms with Crippen LogP contribution in [0.25, 0.3) is 0 Å². The Balaban J connectivity index is 2.04. The zero-order valence-corrected chi connectivity index (χ0v) is 13.0. The second kappa shape index (κ2) is 7.31. The Morgan fingerprint density at radius 3 is 2.76 bits per heavy atom. The number of carbonyl (C=O) groups is 1. The van der Waals surface area contributed by atoms with Crippen LogP contribution in [-0.4, -0.2) is 55.5 Å². The summed E-state index contributed by atoms with van der Waals surface area (Å²) < 4.78 is 5.53. The van der Waals surface area contributed by atoms with Crippen LogP contribution in [0.1, 0.15) is 30.1 Å². The minimum Gasteiger partial charge on any atom is -0.493 e. The van der Waals surface area contributed by atoms with E-state index >= 15 is 0 Å². The van der Waals surface area contributed by atoms with Crippen molar-refractivity contribution in [3.8, 4) is 5.75 Å². The lowest BCUT2D eigenvalue weighted by atomic mass is 10.1. The van der Waals surface area contributed by atoms with E-state index in [0.29, 0.717) is 30.2 Å². The summed E-state index contributed by atoms with van der Waals surface area (Å²) in [6.45, 7) is 6.31. The summed E-state index contributed by atoms with van der Waals surface area (Å²) >= 11 is 0. The maximum absolute atomic E-state index is 12.6. The Morgan fingerprint density at radius 2 is 2.10 bits per heavy atom. The van der Waals surface area contributed by atoms with Gasteiger partial charge in [-0.1, -0.05) is 6.07 Å². The van der Waals surface area contributed by atoms with E-state index in [2.05, 4.69) is 4.90 Å². The molecule has 2 N–H and O–H groups in total. The van der Waals surface area contributed by atoms with Gasteiger partial charge >= 0.3 is 0 Å². The fourth-order valence-corrected chi connectivity index (χ4v) is 2.64. The number of rotatable bonds is 6. The molecule has 0 saturated carbocycles. The van der Waals surface area contributed by atoms with E-state index in [-0.39, 0.29) is 5.91 Å². The Labute approximate surface area is 126 Å². The maximum atomic E-state index is 12.6.